The first-order valence-corrected chi connectivity index (χ1v) is 10.3. The zero-order valence-electron chi connectivity index (χ0n) is 18.2. The number of carbonyl (C=O) groups excluding carboxylic acids is 2. The van der Waals surface area contributed by atoms with Gasteiger partial charge in [0.05, 0.1) is 6.54 Å². The number of pyridine rings is 2. The summed E-state index contributed by atoms with van der Waals surface area (Å²) >= 11 is 0. The van der Waals surface area contributed by atoms with Crippen molar-refractivity contribution in [1.29, 1.82) is 0 Å². The Morgan fingerprint density at radius 2 is 1.97 bits per heavy atom. The van der Waals surface area contributed by atoms with Gasteiger partial charge in [0, 0.05) is 18.8 Å². The lowest BCUT2D eigenvalue weighted by atomic mass is 10.1. The average molecular weight is 475 g/mol. The molecule has 1 aliphatic heterocycles. The predicted octanol–water partition coefficient (Wildman–Crippen LogP) is 3.58. The number of fused-ring (bicyclic) bond motifs is 1. The molecule has 0 aliphatic carbocycles. The number of amides is 2. The summed E-state index contributed by atoms with van der Waals surface area (Å²) in [6.45, 7) is 2.35. The molecule has 1 aliphatic rings. The average Bonchev–Trinajstić information content (AvgIpc) is 3.44. The van der Waals surface area contributed by atoms with Gasteiger partial charge in [-0.3, -0.25) is 14.7 Å². The van der Waals surface area contributed by atoms with E-state index in [9.17, 15) is 22.8 Å². The molecule has 3 aromatic heterocycles. The lowest BCUT2D eigenvalue weighted by Gasteiger charge is -2.16. The molecule has 0 atom stereocenters. The summed E-state index contributed by atoms with van der Waals surface area (Å²) in [7, 11) is 0. The van der Waals surface area contributed by atoms with E-state index in [4.69, 9.17) is 0 Å². The Balaban J connectivity index is 1.44. The van der Waals surface area contributed by atoms with Gasteiger partial charge in [0.1, 0.15) is 23.5 Å². The summed E-state index contributed by atoms with van der Waals surface area (Å²) in [6, 6.07) is 6.69. The highest BCUT2D eigenvalue weighted by molar-refractivity contribution is 6.02. The number of hydrogen-bond donors (Lipinski definition) is 1. The molecule has 4 heterocycles. The molecule has 4 rings (SSSR count). The monoisotopic (exact) mass is 475 g/mol. The maximum absolute atomic E-state index is 12.7. The summed E-state index contributed by atoms with van der Waals surface area (Å²) in [5.74, 6) is 0.301. The third-order valence-corrected chi connectivity index (χ3v) is 5.00. The lowest BCUT2D eigenvalue weighted by Crippen LogP contribution is -2.30. The predicted molar refractivity (Wildman–Crippen MR) is 112 cm³/mol. The van der Waals surface area contributed by atoms with Crippen LogP contribution in [0.5, 0.6) is 0 Å². The van der Waals surface area contributed by atoms with E-state index >= 15 is 0 Å². The first kappa shape index (κ1) is 23.1. The normalized spacial score (nSPS) is 13.2. The molecule has 0 radical (unpaired) electrons. The SMILES string of the molecule is CC(C)n1cnnc1-c1cccc(NC(=O)c2cc3c(cn2)CN(C(=O)OCC(F)(F)F)C3)n1. The molecule has 178 valence electrons. The van der Waals surface area contributed by atoms with Crippen LogP contribution in [-0.2, 0) is 17.8 Å². The van der Waals surface area contributed by atoms with Crippen LogP contribution in [0, 0.1) is 0 Å². The molecule has 10 nitrogen and oxygen atoms in total. The van der Waals surface area contributed by atoms with Crippen molar-refractivity contribution in [3.63, 3.8) is 0 Å². The quantitative estimate of drug-likeness (QED) is 0.600. The molecule has 0 bridgehead atoms. The Bertz CT molecular complexity index is 1230. The molecule has 13 heteroatoms. The number of alkyl halides is 3. The number of aromatic nitrogens is 5. The van der Waals surface area contributed by atoms with E-state index in [0.717, 1.165) is 4.90 Å². The van der Waals surface area contributed by atoms with Crippen LogP contribution in [0.25, 0.3) is 11.5 Å². The molecule has 2 amide bonds. The first-order valence-electron chi connectivity index (χ1n) is 10.3. The zero-order chi connectivity index (χ0) is 24.5. The second-order valence-corrected chi connectivity index (χ2v) is 7.88. The van der Waals surface area contributed by atoms with Gasteiger partial charge in [0.2, 0.25) is 0 Å². The summed E-state index contributed by atoms with van der Waals surface area (Å²) in [5, 5.41) is 10.7. The number of halogens is 3. The van der Waals surface area contributed by atoms with Crippen LogP contribution in [0.1, 0.15) is 41.5 Å². The van der Waals surface area contributed by atoms with Gasteiger partial charge in [0.25, 0.3) is 5.91 Å². The van der Waals surface area contributed by atoms with Crippen LogP contribution in [0.15, 0.2) is 36.8 Å². The number of nitrogens with zero attached hydrogens (tertiary/aromatic N) is 6. The van der Waals surface area contributed by atoms with Crippen LogP contribution in [0.4, 0.5) is 23.8 Å². The third-order valence-electron chi connectivity index (χ3n) is 5.00. The zero-order valence-corrected chi connectivity index (χ0v) is 18.2. The molecule has 0 saturated carbocycles. The molecular formula is C21H20F3N7O3. The van der Waals surface area contributed by atoms with E-state index < -0.39 is 24.8 Å². The minimum Gasteiger partial charge on any atom is -0.440 e. The van der Waals surface area contributed by atoms with Gasteiger partial charge in [-0.15, -0.1) is 10.2 Å². The summed E-state index contributed by atoms with van der Waals surface area (Å²) in [6.07, 6.45) is -2.68. The fraction of sp³-hybridized carbons (Fsp3) is 0.333. The smallest absolute Gasteiger partial charge is 0.422 e. The molecule has 0 unspecified atom stereocenters. The van der Waals surface area contributed by atoms with Gasteiger partial charge >= 0.3 is 12.3 Å². The molecule has 0 fully saturated rings. The molecule has 3 aromatic rings. The van der Waals surface area contributed by atoms with Crippen molar-refractivity contribution in [3.05, 3.63) is 53.6 Å². The minimum atomic E-state index is -4.61. The van der Waals surface area contributed by atoms with Gasteiger partial charge in [-0.2, -0.15) is 13.2 Å². The Hall–Kier alpha value is -4.03. The molecule has 0 spiro atoms. The second kappa shape index (κ2) is 9.08. The summed E-state index contributed by atoms with van der Waals surface area (Å²) < 4.78 is 43.0. The van der Waals surface area contributed by atoms with E-state index in [-0.39, 0.29) is 30.6 Å². The molecular weight excluding hydrogens is 455 g/mol. The first-order chi connectivity index (χ1) is 16.1. The highest BCUT2D eigenvalue weighted by Crippen LogP contribution is 2.25. The van der Waals surface area contributed by atoms with Crippen molar-refractivity contribution >= 4 is 17.8 Å². The van der Waals surface area contributed by atoms with Crippen LogP contribution < -0.4 is 5.32 Å². The lowest BCUT2D eigenvalue weighted by molar-refractivity contribution is -0.162. The molecule has 34 heavy (non-hydrogen) atoms. The Morgan fingerprint density at radius 1 is 1.21 bits per heavy atom. The standard InChI is InChI=1S/C21H20F3N7O3/c1-12(2)31-11-26-29-18(31)15-4-3-5-17(27-15)28-19(32)16-6-13-8-30(9-14(13)7-25-16)20(33)34-10-21(22,23)24/h3-7,11-12H,8-10H2,1-2H3,(H,27,28,32). The van der Waals surface area contributed by atoms with Crippen LogP contribution >= 0.6 is 0 Å². The van der Waals surface area contributed by atoms with Crippen molar-refractivity contribution in [2.24, 2.45) is 0 Å². The van der Waals surface area contributed by atoms with Crippen molar-refractivity contribution in [2.75, 3.05) is 11.9 Å². The van der Waals surface area contributed by atoms with Crippen LogP contribution in [-0.4, -0.2) is 54.4 Å². The van der Waals surface area contributed by atoms with E-state index in [1.165, 1.54) is 12.3 Å². The third kappa shape index (κ3) is 5.13. The van der Waals surface area contributed by atoms with Gasteiger partial charge in [0.15, 0.2) is 12.4 Å². The van der Waals surface area contributed by atoms with Gasteiger partial charge < -0.3 is 14.6 Å². The van der Waals surface area contributed by atoms with Crippen molar-refractivity contribution in [2.45, 2.75) is 39.2 Å². The molecule has 0 saturated heterocycles. The summed E-state index contributed by atoms with van der Waals surface area (Å²) in [5.41, 5.74) is 1.81. The number of carbonyl (C=O) groups is 2. The fourth-order valence-electron chi connectivity index (χ4n) is 3.38. The Morgan fingerprint density at radius 3 is 2.71 bits per heavy atom. The van der Waals surface area contributed by atoms with Gasteiger partial charge in [-0.1, -0.05) is 6.07 Å². The van der Waals surface area contributed by atoms with E-state index in [2.05, 4.69) is 30.2 Å². The van der Waals surface area contributed by atoms with Crippen molar-refractivity contribution in [3.8, 4) is 11.5 Å². The summed E-state index contributed by atoms with van der Waals surface area (Å²) in [4.78, 5) is 34.3. The number of rotatable bonds is 5. The molecule has 1 N–H and O–H groups in total. The van der Waals surface area contributed by atoms with Crippen LogP contribution in [0.3, 0.4) is 0 Å². The van der Waals surface area contributed by atoms with Crippen LogP contribution in [0.2, 0.25) is 0 Å². The Labute approximate surface area is 191 Å². The Kier molecular flexibility index (Phi) is 6.18. The van der Waals surface area contributed by atoms with Gasteiger partial charge in [-0.05, 0) is 43.2 Å². The maximum atomic E-state index is 12.7. The largest absolute Gasteiger partial charge is 0.440 e. The maximum Gasteiger partial charge on any atom is 0.422 e. The topological polar surface area (TPSA) is 115 Å². The number of hydrogen-bond acceptors (Lipinski definition) is 7. The van der Waals surface area contributed by atoms with Crippen molar-refractivity contribution in [1.82, 2.24) is 29.6 Å². The van der Waals surface area contributed by atoms with E-state index in [0.29, 0.717) is 22.6 Å². The van der Waals surface area contributed by atoms with Crippen molar-refractivity contribution < 1.29 is 27.5 Å². The molecule has 0 aromatic carbocycles. The highest BCUT2D eigenvalue weighted by Gasteiger charge is 2.32. The number of anilines is 1. The fourth-order valence-corrected chi connectivity index (χ4v) is 3.38. The minimum absolute atomic E-state index is 0.00736. The number of ether oxygens (including phenoxy) is 1. The van der Waals surface area contributed by atoms with E-state index in [1.54, 1.807) is 24.5 Å². The second-order valence-electron chi connectivity index (χ2n) is 7.88. The van der Waals surface area contributed by atoms with Gasteiger partial charge in [-0.25, -0.2) is 9.78 Å². The number of nitrogens with one attached hydrogen (secondary N) is 1. The highest BCUT2D eigenvalue weighted by atomic mass is 19.4. The van der Waals surface area contributed by atoms with E-state index in [1.807, 2.05) is 18.4 Å².